The van der Waals surface area contributed by atoms with Gasteiger partial charge in [-0.25, -0.2) is 0 Å². The summed E-state index contributed by atoms with van der Waals surface area (Å²) in [6, 6.07) is -1.69. The molecule has 0 spiro atoms. The molecule has 3 saturated heterocycles. The van der Waals surface area contributed by atoms with Gasteiger partial charge in [0.05, 0.1) is 13.2 Å². The van der Waals surface area contributed by atoms with Gasteiger partial charge in [0.15, 0.2) is 5.78 Å². The number of methoxy groups -OCH3 is 1. The summed E-state index contributed by atoms with van der Waals surface area (Å²) in [5.74, 6) is -0.337. The molecule has 3 aliphatic rings. The number of rotatable bonds is 3. The first kappa shape index (κ1) is 14.7. The monoisotopic (exact) mass is 281 g/mol. The first-order chi connectivity index (χ1) is 8.71. The smallest absolute Gasteiger partial charge is 0.394 e. The third kappa shape index (κ3) is 1.98. The van der Waals surface area contributed by atoms with Gasteiger partial charge >= 0.3 is 6.18 Å². The third-order valence-corrected chi connectivity index (χ3v) is 4.47. The zero-order chi connectivity index (χ0) is 14.5. The maximum Gasteiger partial charge on any atom is 0.404 e. The van der Waals surface area contributed by atoms with E-state index in [2.05, 4.69) is 0 Å². The summed E-state index contributed by atoms with van der Waals surface area (Å²) >= 11 is 0. The van der Waals surface area contributed by atoms with E-state index in [4.69, 9.17) is 4.74 Å². The van der Waals surface area contributed by atoms with Crippen LogP contribution in [0.2, 0.25) is 0 Å². The lowest BCUT2D eigenvalue weighted by Crippen LogP contribution is -2.76. The molecule has 3 aliphatic heterocycles. The fraction of sp³-hybridized carbons (Fsp3) is 0.917. The lowest BCUT2D eigenvalue weighted by molar-refractivity contribution is -0.244. The van der Waals surface area contributed by atoms with E-state index < -0.39 is 29.8 Å². The summed E-state index contributed by atoms with van der Waals surface area (Å²) in [5, 5.41) is 9.55. The van der Waals surface area contributed by atoms with Gasteiger partial charge in [0.1, 0.15) is 11.6 Å². The molecule has 3 heterocycles. The van der Waals surface area contributed by atoms with Crippen LogP contribution in [-0.2, 0) is 9.53 Å². The highest BCUT2D eigenvalue weighted by molar-refractivity contribution is 5.95. The topological polar surface area (TPSA) is 49.8 Å². The molecule has 0 aliphatic carbocycles. The summed E-state index contributed by atoms with van der Waals surface area (Å²) in [5.41, 5.74) is -2.59. The van der Waals surface area contributed by atoms with E-state index in [0.717, 1.165) is 4.90 Å². The molecule has 110 valence electrons. The van der Waals surface area contributed by atoms with Crippen molar-refractivity contribution in [2.75, 3.05) is 26.9 Å². The maximum absolute atomic E-state index is 13.1. The number of ketones is 1. The number of carbonyl (C=O) groups excluding carboxylic acids is 1. The van der Waals surface area contributed by atoms with Gasteiger partial charge in [0.25, 0.3) is 0 Å². The summed E-state index contributed by atoms with van der Waals surface area (Å²) in [6.45, 7) is 0.841. The minimum absolute atomic E-state index is 0.149. The van der Waals surface area contributed by atoms with Crippen LogP contribution >= 0.6 is 0 Å². The average molecular weight is 281 g/mol. The number of piperidine rings is 3. The summed E-state index contributed by atoms with van der Waals surface area (Å²) in [7, 11) is 1.32. The number of hydrogen-bond acceptors (Lipinski definition) is 4. The van der Waals surface area contributed by atoms with E-state index in [-0.39, 0.29) is 25.4 Å². The van der Waals surface area contributed by atoms with Crippen LogP contribution in [0.15, 0.2) is 0 Å². The van der Waals surface area contributed by atoms with Gasteiger partial charge in [-0.1, -0.05) is 6.92 Å². The molecule has 7 heteroatoms. The molecule has 3 fully saturated rings. The molecule has 0 aromatic rings. The van der Waals surface area contributed by atoms with Gasteiger partial charge in [-0.3, -0.25) is 9.69 Å². The molecule has 1 N–H and O–H groups in total. The second-order valence-electron chi connectivity index (χ2n) is 5.72. The molecule has 0 radical (unpaired) electrons. The van der Waals surface area contributed by atoms with Crippen LogP contribution in [0, 0.1) is 5.41 Å². The highest BCUT2D eigenvalue weighted by Crippen LogP contribution is 2.51. The molecule has 0 saturated carbocycles. The van der Waals surface area contributed by atoms with Crippen molar-refractivity contribution in [2.24, 2.45) is 5.41 Å². The minimum Gasteiger partial charge on any atom is -0.394 e. The zero-order valence-electron chi connectivity index (χ0n) is 11.0. The molecule has 3 rings (SSSR count). The quantitative estimate of drug-likeness (QED) is 0.838. The van der Waals surface area contributed by atoms with Gasteiger partial charge in [0.2, 0.25) is 0 Å². The number of ether oxygens (including phenoxy) is 1. The van der Waals surface area contributed by atoms with E-state index in [0.29, 0.717) is 6.42 Å². The van der Waals surface area contributed by atoms with Crippen molar-refractivity contribution in [2.45, 2.75) is 37.5 Å². The molecular weight excluding hydrogens is 263 g/mol. The molecule has 1 unspecified atom stereocenters. The Hall–Kier alpha value is -0.660. The molecule has 0 aromatic carbocycles. The van der Waals surface area contributed by atoms with E-state index in [1.54, 1.807) is 6.92 Å². The lowest BCUT2D eigenvalue weighted by Gasteiger charge is -2.59. The predicted octanol–water partition coefficient (Wildman–Crippen LogP) is 0.980. The van der Waals surface area contributed by atoms with Crippen LogP contribution < -0.4 is 0 Å². The number of nitrogens with zero attached hydrogens (tertiary/aromatic N) is 1. The Kier molecular flexibility index (Phi) is 3.43. The Morgan fingerprint density at radius 1 is 1.53 bits per heavy atom. The Labute approximate surface area is 109 Å². The van der Waals surface area contributed by atoms with Crippen molar-refractivity contribution in [1.82, 2.24) is 4.90 Å². The van der Waals surface area contributed by atoms with E-state index in [1.165, 1.54) is 7.11 Å². The lowest BCUT2D eigenvalue weighted by atomic mass is 9.61. The summed E-state index contributed by atoms with van der Waals surface area (Å²) < 4.78 is 44.3. The Morgan fingerprint density at radius 2 is 2.16 bits per heavy atom. The standard InChI is InChI=1S/C12H18F3NO3/c1-10-3-4-16(8(5-10)12(13,14)15)11(6-17,7-19-2)9(10)18/h8,17H,3-7H2,1-2H3/t8-,10-,11-/m1/s1. The van der Waals surface area contributed by atoms with Gasteiger partial charge in [-0.05, 0) is 12.8 Å². The Balaban J connectivity index is 2.47. The number of hydrogen-bond donors (Lipinski definition) is 1. The SMILES string of the molecule is COC[C@]1(CO)C(=O)[C@]2(C)CCN1[C@@H](C(F)(F)F)C2. The first-order valence-corrected chi connectivity index (χ1v) is 6.19. The number of aliphatic hydroxyl groups excluding tert-OH is 1. The van der Waals surface area contributed by atoms with Crippen LogP contribution in [0.4, 0.5) is 13.2 Å². The van der Waals surface area contributed by atoms with Crippen molar-refractivity contribution in [1.29, 1.82) is 0 Å². The van der Waals surface area contributed by atoms with Crippen molar-refractivity contribution >= 4 is 5.78 Å². The van der Waals surface area contributed by atoms with E-state index in [1.807, 2.05) is 0 Å². The van der Waals surface area contributed by atoms with E-state index >= 15 is 0 Å². The highest BCUT2D eigenvalue weighted by Gasteiger charge is 2.66. The minimum atomic E-state index is -4.41. The zero-order valence-corrected chi connectivity index (χ0v) is 11.0. The van der Waals surface area contributed by atoms with Gasteiger partial charge in [-0.15, -0.1) is 0 Å². The highest BCUT2D eigenvalue weighted by atomic mass is 19.4. The number of Topliss-reactive ketones (excluding diaryl/α,β-unsaturated/α-hetero) is 1. The normalized spacial score (nSPS) is 42.7. The fourth-order valence-electron chi connectivity index (χ4n) is 3.46. The Morgan fingerprint density at radius 3 is 2.63 bits per heavy atom. The van der Waals surface area contributed by atoms with Crippen LogP contribution in [0.5, 0.6) is 0 Å². The number of fused-ring (bicyclic) bond motifs is 3. The maximum atomic E-state index is 13.1. The molecule has 4 nitrogen and oxygen atoms in total. The number of alkyl halides is 3. The molecule has 0 aromatic heterocycles. The van der Waals surface area contributed by atoms with Crippen molar-refractivity contribution < 1.29 is 27.8 Å². The second-order valence-corrected chi connectivity index (χ2v) is 5.72. The van der Waals surface area contributed by atoms with Crippen LogP contribution in [0.1, 0.15) is 19.8 Å². The molecule has 19 heavy (non-hydrogen) atoms. The summed E-state index contributed by atoms with van der Waals surface area (Å²) in [4.78, 5) is 13.6. The predicted molar refractivity (Wildman–Crippen MR) is 60.6 cm³/mol. The van der Waals surface area contributed by atoms with Crippen molar-refractivity contribution in [3.05, 3.63) is 0 Å². The molecular formula is C12H18F3NO3. The van der Waals surface area contributed by atoms with Crippen LogP contribution in [0.3, 0.4) is 0 Å². The van der Waals surface area contributed by atoms with E-state index in [9.17, 15) is 23.1 Å². The molecule has 2 bridgehead atoms. The fourth-order valence-corrected chi connectivity index (χ4v) is 3.46. The average Bonchev–Trinajstić information content (AvgIpc) is 2.33. The largest absolute Gasteiger partial charge is 0.404 e. The number of carbonyl (C=O) groups is 1. The van der Waals surface area contributed by atoms with Crippen molar-refractivity contribution in [3.8, 4) is 0 Å². The first-order valence-electron chi connectivity index (χ1n) is 6.19. The summed E-state index contributed by atoms with van der Waals surface area (Å²) in [6.07, 6.45) is -4.25. The molecule has 4 atom stereocenters. The number of aliphatic hydroxyl groups is 1. The van der Waals surface area contributed by atoms with Crippen molar-refractivity contribution in [3.63, 3.8) is 0 Å². The van der Waals surface area contributed by atoms with Gasteiger partial charge in [0, 0.05) is 19.1 Å². The van der Waals surface area contributed by atoms with Crippen LogP contribution in [0.25, 0.3) is 0 Å². The number of halogens is 3. The van der Waals surface area contributed by atoms with Gasteiger partial charge < -0.3 is 9.84 Å². The van der Waals surface area contributed by atoms with Crippen LogP contribution in [-0.4, -0.2) is 60.4 Å². The Bertz CT molecular complexity index is 387. The van der Waals surface area contributed by atoms with Gasteiger partial charge in [-0.2, -0.15) is 13.2 Å². The second kappa shape index (κ2) is 4.43. The third-order valence-electron chi connectivity index (χ3n) is 4.47. The molecule has 0 amide bonds.